The quantitative estimate of drug-likeness (QED) is 0.566. The maximum absolute atomic E-state index is 5.17. The van der Waals surface area contributed by atoms with E-state index in [4.69, 9.17) is 4.74 Å². The van der Waals surface area contributed by atoms with Gasteiger partial charge in [0.1, 0.15) is 0 Å². The molecule has 0 saturated carbocycles. The summed E-state index contributed by atoms with van der Waals surface area (Å²) < 4.78 is 5.96. The third-order valence-corrected chi connectivity index (χ3v) is 4.14. The predicted molar refractivity (Wildman–Crippen MR) is 40.1 cm³/mol. The van der Waals surface area contributed by atoms with Crippen LogP contribution in [0, 0.1) is 0 Å². The topological polar surface area (TPSA) is 9.23 Å². The zero-order chi connectivity index (χ0) is 6.20. The summed E-state index contributed by atoms with van der Waals surface area (Å²) in [5.41, 5.74) is 0. The average Bonchev–Trinajstić information content (AvgIpc) is 1.63. The molecule has 0 unspecified atom stereocenters. The highest BCUT2D eigenvalue weighted by molar-refractivity contribution is 8.34. The van der Waals surface area contributed by atoms with E-state index >= 15 is 0 Å². The highest BCUT2D eigenvalue weighted by atomic mass is 32.3. The lowest BCUT2D eigenvalue weighted by molar-refractivity contribution is 0.157. The monoisotopic (exact) mass is 150 g/mol. The Balaban J connectivity index is 2.30. The van der Waals surface area contributed by atoms with Crippen LogP contribution in [0.3, 0.4) is 0 Å². The standard InChI is InChI=1S/C5H10OS2/c1-4-7-5(2,6-3)8-4/h4H,1-3H3. The molecule has 0 aromatic rings. The van der Waals surface area contributed by atoms with Gasteiger partial charge in [0.2, 0.25) is 0 Å². The van der Waals surface area contributed by atoms with Crippen LogP contribution in [0.4, 0.5) is 0 Å². The van der Waals surface area contributed by atoms with Gasteiger partial charge in [-0.25, -0.2) is 0 Å². The molecule has 1 fully saturated rings. The van der Waals surface area contributed by atoms with Gasteiger partial charge in [0.15, 0.2) is 4.27 Å². The molecule has 0 aliphatic carbocycles. The summed E-state index contributed by atoms with van der Waals surface area (Å²) in [6.07, 6.45) is 0. The molecule has 8 heavy (non-hydrogen) atoms. The summed E-state index contributed by atoms with van der Waals surface area (Å²) in [6, 6.07) is 0. The summed E-state index contributed by atoms with van der Waals surface area (Å²) in [5.74, 6) is 0. The van der Waals surface area contributed by atoms with E-state index in [1.165, 1.54) is 0 Å². The van der Waals surface area contributed by atoms with Crippen molar-refractivity contribution in [3.05, 3.63) is 0 Å². The first-order chi connectivity index (χ1) is 3.66. The smallest absolute Gasteiger partial charge is 0.159 e. The molecule has 1 aliphatic heterocycles. The fourth-order valence-corrected chi connectivity index (χ4v) is 3.80. The van der Waals surface area contributed by atoms with Crippen molar-refractivity contribution in [2.75, 3.05) is 7.11 Å². The first-order valence-electron chi connectivity index (χ1n) is 2.57. The molecule has 48 valence electrons. The van der Waals surface area contributed by atoms with Gasteiger partial charge >= 0.3 is 0 Å². The Morgan fingerprint density at radius 2 is 2.00 bits per heavy atom. The molecular formula is C5H10OS2. The summed E-state index contributed by atoms with van der Waals surface area (Å²) in [4.78, 5) is 0. The molecule has 1 nitrogen and oxygen atoms in total. The van der Waals surface area contributed by atoms with E-state index < -0.39 is 0 Å². The van der Waals surface area contributed by atoms with Crippen LogP contribution in [0.2, 0.25) is 0 Å². The van der Waals surface area contributed by atoms with Crippen molar-refractivity contribution in [1.82, 2.24) is 0 Å². The molecule has 0 N–H and O–H groups in total. The molecule has 0 radical (unpaired) electrons. The SMILES string of the molecule is COC1(C)SC(C)S1. The first-order valence-corrected chi connectivity index (χ1v) is 4.33. The van der Waals surface area contributed by atoms with Gasteiger partial charge in [-0.1, -0.05) is 0 Å². The molecule has 3 heteroatoms. The Kier molecular flexibility index (Phi) is 1.80. The van der Waals surface area contributed by atoms with Gasteiger partial charge in [0.25, 0.3) is 0 Å². The van der Waals surface area contributed by atoms with E-state index in [2.05, 4.69) is 13.8 Å². The number of hydrogen-bond acceptors (Lipinski definition) is 3. The minimum Gasteiger partial charge on any atom is -0.358 e. The lowest BCUT2D eigenvalue weighted by atomic mass is 10.8. The fraction of sp³-hybridized carbons (Fsp3) is 1.00. The van der Waals surface area contributed by atoms with E-state index in [0.29, 0.717) is 0 Å². The summed E-state index contributed by atoms with van der Waals surface area (Å²) in [6.45, 7) is 4.29. The molecule has 0 bridgehead atoms. The average molecular weight is 150 g/mol. The van der Waals surface area contributed by atoms with Gasteiger partial charge in [-0.05, 0) is 13.8 Å². The fourth-order valence-electron chi connectivity index (χ4n) is 0.708. The number of ether oxygens (including phenoxy) is 1. The minimum atomic E-state index is 0.0689. The molecule has 0 atom stereocenters. The van der Waals surface area contributed by atoms with Crippen molar-refractivity contribution in [3.63, 3.8) is 0 Å². The molecule has 1 rings (SSSR count). The number of rotatable bonds is 1. The van der Waals surface area contributed by atoms with E-state index in [1.54, 1.807) is 7.11 Å². The Hall–Kier alpha value is 0.660. The largest absolute Gasteiger partial charge is 0.358 e. The number of hydrogen-bond donors (Lipinski definition) is 0. The van der Waals surface area contributed by atoms with E-state index in [1.807, 2.05) is 23.5 Å². The van der Waals surface area contributed by atoms with Crippen LogP contribution in [0.15, 0.2) is 0 Å². The van der Waals surface area contributed by atoms with Crippen LogP contribution in [-0.4, -0.2) is 16.0 Å². The van der Waals surface area contributed by atoms with Crippen LogP contribution >= 0.6 is 23.5 Å². The van der Waals surface area contributed by atoms with Crippen LogP contribution < -0.4 is 0 Å². The van der Waals surface area contributed by atoms with Crippen LogP contribution in [0.25, 0.3) is 0 Å². The zero-order valence-electron chi connectivity index (χ0n) is 5.30. The maximum atomic E-state index is 5.17. The zero-order valence-corrected chi connectivity index (χ0v) is 6.94. The van der Waals surface area contributed by atoms with Crippen LogP contribution in [0.5, 0.6) is 0 Å². The lowest BCUT2D eigenvalue weighted by Crippen LogP contribution is -2.31. The molecule has 0 aromatic carbocycles. The number of methoxy groups -OCH3 is 1. The third-order valence-electron chi connectivity index (χ3n) is 1.13. The van der Waals surface area contributed by atoms with Crippen molar-refractivity contribution >= 4 is 23.5 Å². The Labute approximate surface area is 58.6 Å². The van der Waals surface area contributed by atoms with Gasteiger partial charge in [0.05, 0.1) is 4.58 Å². The normalized spacial score (nSPS) is 46.1. The predicted octanol–water partition coefficient (Wildman–Crippen LogP) is 2.13. The summed E-state index contributed by atoms with van der Waals surface area (Å²) >= 11 is 3.74. The number of thioether (sulfide) groups is 2. The van der Waals surface area contributed by atoms with Crippen LogP contribution in [-0.2, 0) is 4.74 Å². The van der Waals surface area contributed by atoms with Crippen molar-refractivity contribution in [1.29, 1.82) is 0 Å². The van der Waals surface area contributed by atoms with E-state index in [0.717, 1.165) is 4.58 Å². The van der Waals surface area contributed by atoms with Gasteiger partial charge in [-0.15, -0.1) is 23.5 Å². The van der Waals surface area contributed by atoms with Gasteiger partial charge in [-0.2, -0.15) is 0 Å². The van der Waals surface area contributed by atoms with E-state index in [9.17, 15) is 0 Å². The third kappa shape index (κ3) is 1.14. The molecule has 1 aliphatic rings. The second-order valence-corrected chi connectivity index (χ2v) is 5.87. The lowest BCUT2D eigenvalue weighted by Gasteiger charge is -2.40. The highest BCUT2D eigenvalue weighted by Gasteiger charge is 2.39. The second kappa shape index (κ2) is 2.12. The van der Waals surface area contributed by atoms with Crippen molar-refractivity contribution in [2.24, 2.45) is 0 Å². The minimum absolute atomic E-state index is 0.0689. The van der Waals surface area contributed by atoms with Crippen molar-refractivity contribution in [3.8, 4) is 0 Å². The summed E-state index contributed by atoms with van der Waals surface area (Å²) in [7, 11) is 1.76. The molecular weight excluding hydrogens is 140 g/mol. The van der Waals surface area contributed by atoms with Gasteiger partial charge < -0.3 is 4.74 Å². The van der Waals surface area contributed by atoms with Gasteiger partial charge in [-0.3, -0.25) is 0 Å². The molecule has 1 saturated heterocycles. The van der Waals surface area contributed by atoms with Crippen LogP contribution in [0.1, 0.15) is 13.8 Å². The summed E-state index contributed by atoms with van der Waals surface area (Å²) in [5, 5.41) is 0. The highest BCUT2D eigenvalue weighted by Crippen LogP contribution is 2.56. The second-order valence-electron chi connectivity index (χ2n) is 1.87. The Bertz CT molecular complexity index is 88.4. The maximum Gasteiger partial charge on any atom is 0.159 e. The Morgan fingerprint density at radius 3 is 2.12 bits per heavy atom. The Morgan fingerprint density at radius 1 is 1.50 bits per heavy atom. The van der Waals surface area contributed by atoms with E-state index in [-0.39, 0.29) is 4.27 Å². The van der Waals surface area contributed by atoms with Crippen molar-refractivity contribution < 1.29 is 4.74 Å². The first kappa shape index (κ1) is 6.78. The molecule has 1 heterocycles. The molecule has 0 spiro atoms. The molecule has 0 aromatic heterocycles. The van der Waals surface area contributed by atoms with Gasteiger partial charge in [0, 0.05) is 7.11 Å². The van der Waals surface area contributed by atoms with Crippen molar-refractivity contribution in [2.45, 2.75) is 22.7 Å². The molecule has 0 amide bonds.